The van der Waals surface area contributed by atoms with Crippen LogP contribution < -0.4 is 11.5 Å². The van der Waals surface area contributed by atoms with Crippen LogP contribution in [0.1, 0.15) is 0 Å². The fourth-order valence-corrected chi connectivity index (χ4v) is 9.28. The first-order valence-electron chi connectivity index (χ1n) is 13.9. The number of nitrogen functional groups attached to an aromatic ring is 2. The molecule has 18 heteroatoms. The minimum atomic E-state index is -4.58. The normalized spacial score (nSPS) is 12.5. The molecule has 0 bridgehead atoms. The Balaban J connectivity index is 1.34. The van der Waals surface area contributed by atoms with Crippen LogP contribution in [0.5, 0.6) is 0 Å². The third-order valence-corrected chi connectivity index (χ3v) is 11.7. The van der Waals surface area contributed by atoms with E-state index < -0.39 is 20.2 Å². The molecule has 6 aromatic rings. The number of anilines is 2. The zero-order valence-corrected chi connectivity index (χ0v) is 32.9. The van der Waals surface area contributed by atoms with Crippen molar-refractivity contribution in [1.82, 2.24) is 0 Å². The number of rotatable bonds is 7. The van der Waals surface area contributed by atoms with E-state index >= 15 is 0 Å². The van der Waals surface area contributed by atoms with Gasteiger partial charge in [0.05, 0.1) is 11.4 Å². The molecule has 0 spiro atoms. The number of azo groups is 2. The van der Waals surface area contributed by atoms with Gasteiger partial charge in [-0.05, 0) is 111 Å². The molecule has 0 saturated carbocycles. The predicted octanol–water partition coefficient (Wildman–Crippen LogP) is 11.2. The Hall–Kier alpha value is -3.62. The number of hydrogen-bond donors (Lipinski definition) is 4. The molecule has 0 unspecified atom stereocenters. The van der Waals surface area contributed by atoms with E-state index in [2.05, 4.69) is 84.2 Å². The van der Waals surface area contributed by atoms with Gasteiger partial charge in [0.2, 0.25) is 0 Å². The van der Waals surface area contributed by atoms with Crippen molar-refractivity contribution in [3.05, 3.63) is 103 Å². The molecule has 0 aliphatic heterocycles. The number of hydrogen-bond acceptors (Lipinski definition) is 10. The zero-order chi connectivity index (χ0) is 36.1. The molecule has 0 aliphatic carbocycles. The van der Waals surface area contributed by atoms with Crippen LogP contribution in [-0.4, -0.2) is 25.9 Å². The van der Waals surface area contributed by atoms with Crippen molar-refractivity contribution in [2.75, 3.05) is 11.5 Å². The van der Waals surface area contributed by atoms with E-state index in [0.717, 1.165) is 11.1 Å². The molecule has 6 aromatic carbocycles. The molecule has 0 fully saturated rings. The molecular formula is C32H20Br4N6O6S2. The van der Waals surface area contributed by atoms with Gasteiger partial charge in [0.25, 0.3) is 20.2 Å². The lowest BCUT2D eigenvalue weighted by Gasteiger charge is -2.11. The summed E-state index contributed by atoms with van der Waals surface area (Å²) in [5.41, 5.74) is 15.4. The first-order chi connectivity index (χ1) is 23.5. The van der Waals surface area contributed by atoms with Gasteiger partial charge < -0.3 is 11.5 Å². The van der Waals surface area contributed by atoms with Gasteiger partial charge in [-0.25, -0.2) is 0 Å². The van der Waals surface area contributed by atoms with Gasteiger partial charge >= 0.3 is 0 Å². The average Bonchev–Trinajstić information content (AvgIpc) is 3.04. The summed E-state index contributed by atoms with van der Waals surface area (Å²) >= 11 is 14.2. The molecule has 50 heavy (non-hydrogen) atoms. The Labute approximate surface area is 318 Å². The summed E-state index contributed by atoms with van der Waals surface area (Å²) in [6.07, 6.45) is 0. The molecule has 0 saturated heterocycles. The highest BCUT2D eigenvalue weighted by Crippen LogP contribution is 2.45. The topological polar surface area (TPSA) is 210 Å². The average molecular weight is 968 g/mol. The minimum absolute atomic E-state index is 0.0523. The second-order valence-electron chi connectivity index (χ2n) is 10.6. The molecule has 0 heterocycles. The van der Waals surface area contributed by atoms with Crippen molar-refractivity contribution in [2.45, 2.75) is 9.79 Å². The van der Waals surface area contributed by atoms with Gasteiger partial charge in [-0.3, -0.25) is 9.11 Å². The summed E-state index contributed by atoms with van der Waals surface area (Å²) in [5.74, 6) is 0. The molecule has 0 aromatic heterocycles. The summed E-state index contributed by atoms with van der Waals surface area (Å²) in [6.45, 7) is 0. The first-order valence-corrected chi connectivity index (χ1v) is 20.0. The summed E-state index contributed by atoms with van der Waals surface area (Å²) in [5, 5.41) is 18.4. The third-order valence-electron chi connectivity index (χ3n) is 7.49. The summed E-state index contributed by atoms with van der Waals surface area (Å²) < 4.78 is 70.3. The molecule has 0 radical (unpaired) electrons. The maximum atomic E-state index is 12.1. The molecule has 0 amide bonds. The van der Waals surface area contributed by atoms with Crippen molar-refractivity contribution >= 4 is 140 Å². The van der Waals surface area contributed by atoms with E-state index in [0.29, 0.717) is 40.0 Å². The Bertz CT molecular complexity index is 2460. The van der Waals surface area contributed by atoms with E-state index in [9.17, 15) is 25.9 Å². The first kappa shape index (κ1) is 36.2. The largest absolute Gasteiger partial charge is 0.396 e. The monoisotopic (exact) mass is 964 g/mol. The van der Waals surface area contributed by atoms with Crippen LogP contribution in [0.4, 0.5) is 34.1 Å². The number of halogens is 4. The SMILES string of the molecule is Nc1c(N=Nc2c(Br)cc(-c3cc(Br)c(N=Nc4cc(S(=O)(=O)O)c5ccccc5c4N)c(Br)c3)cc2Br)cc(S(=O)(=O)O)c2ccccc12. The lowest BCUT2D eigenvalue weighted by atomic mass is 10.1. The summed E-state index contributed by atoms with van der Waals surface area (Å²) in [6, 6.07) is 22.5. The maximum absolute atomic E-state index is 12.1. The van der Waals surface area contributed by atoms with Crippen LogP contribution in [-0.2, 0) is 20.2 Å². The lowest BCUT2D eigenvalue weighted by molar-refractivity contribution is 0.482. The van der Waals surface area contributed by atoms with Gasteiger partial charge in [0.1, 0.15) is 32.5 Å². The quantitative estimate of drug-likeness (QED) is 0.0685. The van der Waals surface area contributed by atoms with E-state index in [1.165, 1.54) is 24.3 Å². The van der Waals surface area contributed by atoms with Crippen molar-refractivity contribution in [1.29, 1.82) is 0 Å². The van der Waals surface area contributed by atoms with Crippen LogP contribution >= 0.6 is 63.7 Å². The predicted molar refractivity (Wildman–Crippen MR) is 207 cm³/mol. The third kappa shape index (κ3) is 7.11. The van der Waals surface area contributed by atoms with Crippen LogP contribution in [0, 0.1) is 0 Å². The van der Waals surface area contributed by atoms with E-state index in [4.69, 9.17) is 11.5 Å². The van der Waals surface area contributed by atoms with E-state index in [1.54, 1.807) is 60.7 Å². The zero-order valence-electron chi connectivity index (χ0n) is 24.9. The number of nitrogens with zero attached hydrogens (tertiary/aromatic N) is 4. The molecule has 0 atom stereocenters. The molecule has 12 nitrogen and oxygen atoms in total. The van der Waals surface area contributed by atoms with Gasteiger partial charge in [-0.15, -0.1) is 20.5 Å². The highest BCUT2D eigenvalue weighted by atomic mass is 79.9. The number of fused-ring (bicyclic) bond motifs is 2. The Morgan fingerprint density at radius 3 is 1.08 bits per heavy atom. The molecule has 0 aliphatic rings. The lowest BCUT2D eigenvalue weighted by Crippen LogP contribution is -2.01. The van der Waals surface area contributed by atoms with Gasteiger partial charge in [0, 0.05) is 39.4 Å². The smallest absolute Gasteiger partial charge is 0.295 e. The number of nitrogens with two attached hydrogens (primary N) is 2. The highest BCUT2D eigenvalue weighted by Gasteiger charge is 2.21. The minimum Gasteiger partial charge on any atom is -0.396 e. The van der Waals surface area contributed by atoms with Gasteiger partial charge in [-0.2, -0.15) is 16.8 Å². The van der Waals surface area contributed by atoms with Crippen LogP contribution in [0.2, 0.25) is 0 Å². The van der Waals surface area contributed by atoms with Crippen molar-refractivity contribution in [2.24, 2.45) is 20.5 Å². The fraction of sp³-hybridized carbons (Fsp3) is 0. The van der Waals surface area contributed by atoms with Crippen LogP contribution in [0.25, 0.3) is 32.7 Å². The van der Waals surface area contributed by atoms with Crippen molar-refractivity contribution in [3.63, 3.8) is 0 Å². The fourth-order valence-electron chi connectivity index (χ4n) is 5.16. The Morgan fingerprint density at radius 2 is 0.780 bits per heavy atom. The molecule has 6 N–H and O–H groups in total. The van der Waals surface area contributed by atoms with Crippen molar-refractivity contribution < 1.29 is 25.9 Å². The Kier molecular flexibility index (Phi) is 10.0. The molecular weight excluding hydrogens is 948 g/mol. The van der Waals surface area contributed by atoms with Crippen molar-refractivity contribution in [3.8, 4) is 11.1 Å². The summed E-state index contributed by atoms with van der Waals surface area (Å²) in [7, 11) is -9.16. The summed E-state index contributed by atoms with van der Waals surface area (Å²) in [4.78, 5) is -0.681. The standard InChI is InChI=1S/C32H20Br4N6O6S2/c33-21-9-15(10-22(34)31(21)41-39-25-13-27(49(43,44)45)17-5-1-3-7-19(17)29(25)37)16-11-23(35)32(24(36)12-16)42-40-26-14-28(50(46,47)48)18-6-2-4-8-20(18)30(26)38/h1-14H,37-38H2,(H,43,44,45)(H,46,47,48). The molecule has 6 rings (SSSR count). The van der Waals surface area contributed by atoms with Gasteiger partial charge in [-0.1, -0.05) is 48.5 Å². The van der Waals surface area contributed by atoms with E-state index in [1.807, 2.05) is 0 Å². The highest BCUT2D eigenvalue weighted by molar-refractivity contribution is 9.11. The van der Waals surface area contributed by atoms with Crippen LogP contribution in [0.3, 0.4) is 0 Å². The van der Waals surface area contributed by atoms with Crippen LogP contribution in [0.15, 0.2) is 133 Å². The number of benzene rings is 6. The van der Waals surface area contributed by atoms with E-state index in [-0.39, 0.29) is 43.3 Å². The second kappa shape index (κ2) is 13.8. The second-order valence-corrected chi connectivity index (χ2v) is 16.8. The maximum Gasteiger partial charge on any atom is 0.295 e. The molecule has 254 valence electrons. The van der Waals surface area contributed by atoms with Gasteiger partial charge in [0.15, 0.2) is 0 Å². The Morgan fingerprint density at radius 1 is 0.480 bits per heavy atom.